The number of rotatable bonds is 7. The Morgan fingerprint density at radius 3 is 1.65 bits per heavy atom. The van der Waals surface area contributed by atoms with Crippen LogP contribution in [-0.2, 0) is 0 Å². The van der Waals surface area contributed by atoms with E-state index >= 15 is 0 Å². The highest BCUT2D eigenvalue weighted by Gasteiger charge is 2.19. The molecular formula is C57H36N4S. The van der Waals surface area contributed by atoms with Crippen LogP contribution < -0.4 is 0 Å². The van der Waals surface area contributed by atoms with Crippen LogP contribution in [0.25, 0.3) is 115 Å². The van der Waals surface area contributed by atoms with Gasteiger partial charge in [0.25, 0.3) is 0 Å². The van der Waals surface area contributed by atoms with Crippen molar-refractivity contribution in [2.45, 2.75) is 0 Å². The summed E-state index contributed by atoms with van der Waals surface area (Å²) in [6.07, 6.45) is 0. The zero-order valence-electron chi connectivity index (χ0n) is 33.5. The molecule has 0 radical (unpaired) electrons. The van der Waals surface area contributed by atoms with Crippen LogP contribution in [-0.4, -0.2) is 19.5 Å². The van der Waals surface area contributed by atoms with E-state index in [1.165, 1.54) is 64.2 Å². The molecule has 12 aromatic rings. The number of nitrogens with zero attached hydrogens (tertiary/aromatic N) is 4. The largest absolute Gasteiger partial charge is 0.309 e. The third-order valence-electron chi connectivity index (χ3n) is 11.9. The minimum atomic E-state index is 0.643. The average molecular weight is 809 g/mol. The molecule has 0 aliphatic heterocycles. The van der Waals surface area contributed by atoms with Crippen molar-refractivity contribution in [1.29, 1.82) is 0 Å². The van der Waals surface area contributed by atoms with Crippen molar-refractivity contribution < 1.29 is 0 Å². The van der Waals surface area contributed by atoms with Crippen LogP contribution in [0.15, 0.2) is 218 Å². The number of fused-ring (bicyclic) bond motifs is 6. The van der Waals surface area contributed by atoms with Crippen molar-refractivity contribution >= 4 is 53.3 Å². The van der Waals surface area contributed by atoms with Gasteiger partial charge in [-0.15, -0.1) is 11.3 Å². The Hall–Kier alpha value is -7.99. The Morgan fingerprint density at radius 2 is 0.855 bits per heavy atom. The van der Waals surface area contributed by atoms with Gasteiger partial charge in [-0.2, -0.15) is 0 Å². The number of hydrogen-bond acceptors (Lipinski definition) is 4. The Kier molecular flexibility index (Phi) is 8.65. The van der Waals surface area contributed by atoms with Crippen molar-refractivity contribution in [3.05, 3.63) is 218 Å². The summed E-state index contributed by atoms with van der Waals surface area (Å²) in [4.78, 5) is 15.3. The molecule has 3 heterocycles. The SMILES string of the molecule is c1ccc(-c2cccc(-c3nc(-c4ccccc4)nc(-c4ccc5c(c4)sc4cccc(-c6ccccc6-c6ccc7c8ccccc8n(-c8ccccc8)c7c6)c45)n3)c2)cc1. The second-order valence-electron chi connectivity index (χ2n) is 15.6. The summed E-state index contributed by atoms with van der Waals surface area (Å²) in [5, 5.41) is 4.97. The molecule has 0 saturated heterocycles. The van der Waals surface area contributed by atoms with E-state index in [1.54, 1.807) is 0 Å². The second-order valence-corrected chi connectivity index (χ2v) is 16.7. The van der Waals surface area contributed by atoms with E-state index in [0.717, 1.165) is 33.5 Å². The van der Waals surface area contributed by atoms with Crippen LogP contribution in [0.1, 0.15) is 0 Å². The molecule has 0 spiro atoms. The Labute approximate surface area is 362 Å². The number of aromatic nitrogens is 4. The number of thiophene rings is 1. The lowest BCUT2D eigenvalue weighted by Crippen LogP contribution is -2.00. The molecule has 12 rings (SSSR count). The lowest BCUT2D eigenvalue weighted by molar-refractivity contribution is 1.07. The molecule has 4 nitrogen and oxygen atoms in total. The van der Waals surface area contributed by atoms with Gasteiger partial charge in [-0.05, 0) is 75.8 Å². The molecule has 9 aromatic carbocycles. The standard InChI is InChI=1S/C57H36N4S/c1-4-16-37(17-5-1)39-20-14-21-41(34-39)56-58-55(38-18-6-2-7-19-38)59-57(60-56)42-31-33-49-53(36-42)62-52-29-15-27-48(54(49)52)45-25-11-10-24-44(45)40-30-32-47-46-26-12-13-28-50(46)61(51(47)35-40)43-22-8-3-9-23-43/h1-36H. The van der Waals surface area contributed by atoms with E-state index in [-0.39, 0.29) is 0 Å². The van der Waals surface area contributed by atoms with E-state index < -0.39 is 0 Å². The van der Waals surface area contributed by atoms with E-state index in [9.17, 15) is 0 Å². The minimum absolute atomic E-state index is 0.643. The summed E-state index contributed by atoms with van der Waals surface area (Å²) < 4.78 is 4.82. The van der Waals surface area contributed by atoms with E-state index in [2.05, 4.69) is 199 Å². The molecule has 0 amide bonds. The van der Waals surface area contributed by atoms with Crippen LogP contribution in [0.5, 0.6) is 0 Å². The molecule has 62 heavy (non-hydrogen) atoms. The normalized spacial score (nSPS) is 11.5. The smallest absolute Gasteiger partial charge is 0.164 e. The van der Waals surface area contributed by atoms with Gasteiger partial charge in [-0.25, -0.2) is 15.0 Å². The first kappa shape index (κ1) is 35.9. The molecule has 0 bridgehead atoms. The molecule has 0 fully saturated rings. The summed E-state index contributed by atoms with van der Waals surface area (Å²) in [5.74, 6) is 1.94. The molecule has 0 aliphatic rings. The number of para-hydroxylation sites is 2. The van der Waals surface area contributed by atoms with Gasteiger partial charge in [0, 0.05) is 53.3 Å². The molecule has 3 aromatic heterocycles. The van der Waals surface area contributed by atoms with E-state index in [4.69, 9.17) is 15.0 Å². The summed E-state index contributed by atoms with van der Waals surface area (Å²) in [6.45, 7) is 0. The number of benzene rings is 9. The predicted molar refractivity (Wildman–Crippen MR) is 260 cm³/mol. The van der Waals surface area contributed by atoms with Crippen LogP contribution in [0.4, 0.5) is 0 Å². The quantitative estimate of drug-likeness (QED) is 0.161. The highest BCUT2D eigenvalue weighted by Crippen LogP contribution is 2.45. The first-order chi connectivity index (χ1) is 30.7. The van der Waals surface area contributed by atoms with Gasteiger partial charge in [0.1, 0.15) is 0 Å². The van der Waals surface area contributed by atoms with Gasteiger partial charge in [0.05, 0.1) is 11.0 Å². The molecule has 290 valence electrons. The van der Waals surface area contributed by atoms with E-state index in [0.29, 0.717) is 17.5 Å². The average Bonchev–Trinajstić information content (AvgIpc) is 3.90. The number of hydrogen-bond donors (Lipinski definition) is 0. The maximum atomic E-state index is 5.15. The van der Waals surface area contributed by atoms with Crippen molar-refractivity contribution in [2.75, 3.05) is 0 Å². The van der Waals surface area contributed by atoms with Gasteiger partial charge >= 0.3 is 0 Å². The van der Waals surface area contributed by atoms with Gasteiger partial charge in [-0.3, -0.25) is 0 Å². The summed E-state index contributed by atoms with van der Waals surface area (Å²) >= 11 is 1.81. The van der Waals surface area contributed by atoms with E-state index in [1.807, 2.05) is 35.6 Å². The predicted octanol–water partition coefficient (Wildman–Crippen LogP) is 15.3. The highest BCUT2D eigenvalue weighted by atomic mass is 32.1. The second kappa shape index (κ2) is 14.9. The van der Waals surface area contributed by atoms with Crippen molar-refractivity contribution in [3.8, 4) is 73.2 Å². The Morgan fingerprint density at radius 1 is 0.306 bits per heavy atom. The summed E-state index contributed by atoms with van der Waals surface area (Å²) in [7, 11) is 0. The van der Waals surface area contributed by atoms with Crippen LogP contribution in [0.3, 0.4) is 0 Å². The van der Waals surface area contributed by atoms with Crippen molar-refractivity contribution in [2.24, 2.45) is 0 Å². The first-order valence-electron chi connectivity index (χ1n) is 20.8. The molecule has 0 unspecified atom stereocenters. The molecule has 0 N–H and O–H groups in total. The Balaban J connectivity index is 0.985. The molecule has 0 aliphatic carbocycles. The zero-order valence-corrected chi connectivity index (χ0v) is 34.3. The lowest BCUT2D eigenvalue weighted by Gasteiger charge is -2.13. The van der Waals surface area contributed by atoms with Crippen molar-refractivity contribution in [1.82, 2.24) is 19.5 Å². The monoisotopic (exact) mass is 808 g/mol. The van der Waals surface area contributed by atoms with Crippen LogP contribution in [0, 0.1) is 0 Å². The lowest BCUT2D eigenvalue weighted by atomic mass is 9.91. The first-order valence-corrected chi connectivity index (χ1v) is 21.7. The third kappa shape index (κ3) is 6.18. The van der Waals surface area contributed by atoms with Crippen LogP contribution >= 0.6 is 11.3 Å². The van der Waals surface area contributed by atoms with Crippen molar-refractivity contribution in [3.63, 3.8) is 0 Å². The fourth-order valence-corrected chi connectivity index (χ4v) is 10.1. The summed E-state index contributed by atoms with van der Waals surface area (Å²) in [5.41, 5.74) is 13.5. The van der Waals surface area contributed by atoms with Gasteiger partial charge < -0.3 is 4.57 Å². The maximum Gasteiger partial charge on any atom is 0.164 e. The van der Waals surface area contributed by atoms with Crippen LogP contribution in [0.2, 0.25) is 0 Å². The van der Waals surface area contributed by atoms with Gasteiger partial charge in [0.2, 0.25) is 0 Å². The molecule has 0 saturated carbocycles. The maximum absolute atomic E-state index is 5.15. The third-order valence-corrected chi connectivity index (χ3v) is 13.0. The minimum Gasteiger partial charge on any atom is -0.309 e. The zero-order chi connectivity index (χ0) is 41.0. The Bertz CT molecular complexity index is 3630. The molecular weight excluding hydrogens is 773 g/mol. The highest BCUT2D eigenvalue weighted by molar-refractivity contribution is 7.26. The fraction of sp³-hybridized carbons (Fsp3) is 0. The molecule has 0 atom stereocenters. The topological polar surface area (TPSA) is 43.6 Å². The van der Waals surface area contributed by atoms with Gasteiger partial charge in [0.15, 0.2) is 17.5 Å². The molecule has 5 heteroatoms. The van der Waals surface area contributed by atoms with Gasteiger partial charge in [-0.1, -0.05) is 176 Å². The fourth-order valence-electron chi connectivity index (χ4n) is 8.97. The summed E-state index contributed by atoms with van der Waals surface area (Å²) in [6, 6.07) is 77.6.